The number of hydrogen-bond donors (Lipinski definition) is 1. The highest BCUT2D eigenvalue weighted by Crippen LogP contribution is 2.12. The van der Waals surface area contributed by atoms with Gasteiger partial charge in [0.1, 0.15) is 0 Å². The van der Waals surface area contributed by atoms with Crippen LogP contribution in [0.25, 0.3) is 0 Å². The molecule has 1 heterocycles. The molecule has 2 nitrogen and oxygen atoms in total. The molecule has 0 saturated heterocycles. The number of rotatable bonds is 0. The van der Waals surface area contributed by atoms with Crippen molar-refractivity contribution in [1.82, 2.24) is 5.32 Å². The largest absolute Gasteiger partial charge is 0.366 e. The number of fused-ring (bicyclic) bond motifs is 1. The maximum Gasteiger partial charge on any atom is 0.0886 e. The van der Waals surface area contributed by atoms with Crippen molar-refractivity contribution in [1.29, 1.82) is 0 Å². The van der Waals surface area contributed by atoms with Gasteiger partial charge < -0.3 is 5.32 Å². The van der Waals surface area contributed by atoms with Crippen molar-refractivity contribution >= 4 is 6.34 Å². The molecule has 0 fully saturated rings. The predicted octanol–water partition coefficient (Wildman–Crippen LogP) is 0.996. The molecule has 2 aliphatic rings. The normalized spacial score (nSPS) is 27.2. The molecule has 1 aliphatic heterocycles. The molecule has 0 amide bonds. The summed E-state index contributed by atoms with van der Waals surface area (Å²) in [7, 11) is 0. The van der Waals surface area contributed by atoms with Crippen molar-refractivity contribution < 1.29 is 0 Å². The van der Waals surface area contributed by atoms with Gasteiger partial charge in [0, 0.05) is 6.20 Å². The zero-order chi connectivity index (χ0) is 6.81. The van der Waals surface area contributed by atoms with Gasteiger partial charge in [0.15, 0.2) is 0 Å². The van der Waals surface area contributed by atoms with Gasteiger partial charge in [-0.2, -0.15) is 0 Å². The zero-order valence-electron chi connectivity index (χ0n) is 5.49. The molecule has 0 aromatic rings. The fourth-order valence-corrected chi connectivity index (χ4v) is 1.08. The topological polar surface area (TPSA) is 24.4 Å². The average molecular weight is 132 g/mol. The molecule has 50 valence electrons. The van der Waals surface area contributed by atoms with Crippen LogP contribution in [0.5, 0.6) is 0 Å². The number of aliphatic imine (C=N–C) groups is 1. The summed E-state index contributed by atoms with van der Waals surface area (Å²) in [6.07, 6.45) is 11.8. The van der Waals surface area contributed by atoms with Crippen LogP contribution in [-0.2, 0) is 0 Å². The van der Waals surface area contributed by atoms with E-state index in [1.165, 1.54) is 5.57 Å². The standard InChI is InChI=1S/C8H8N2/c1-2-4-8-7(3-1)5-9-6-10-8/h1-6,8H,(H,9,10). The van der Waals surface area contributed by atoms with Gasteiger partial charge in [-0.15, -0.1) is 0 Å². The maximum absolute atomic E-state index is 3.98. The Kier molecular flexibility index (Phi) is 1.17. The summed E-state index contributed by atoms with van der Waals surface area (Å²) in [5, 5.41) is 3.12. The quantitative estimate of drug-likeness (QED) is 0.522. The van der Waals surface area contributed by atoms with Crippen LogP contribution in [0.2, 0.25) is 0 Å². The maximum atomic E-state index is 3.98. The van der Waals surface area contributed by atoms with Crippen molar-refractivity contribution in [3.8, 4) is 0 Å². The minimum atomic E-state index is 0.350. The SMILES string of the molecule is C1=CC2=CN=CNC2C=C1. The van der Waals surface area contributed by atoms with Crippen molar-refractivity contribution in [2.75, 3.05) is 0 Å². The van der Waals surface area contributed by atoms with E-state index in [1.807, 2.05) is 18.4 Å². The minimum Gasteiger partial charge on any atom is -0.366 e. The lowest BCUT2D eigenvalue weighted by atomic mass is 10.0. The molecule has 2 heteroatoms. The molecule has 0 aromatic heterocycles. The Bertz CT molecular complexity index is 246. The molecule has 0 bridgehead atoms. The van der Waals surface area contributed by atoms with E-state index in [2.05, 4.69) is 22.5 Å². The van der Waals surface area contributed by atoms with Crippen molar-refractivity contribution in [2.24, 2.45) is 4.99 Å². The van der Waals surface area contributed by atoms with Crippen LogP contribution in [0.3, 0.4) is 0 Å². The molecular weight excluding hydrogens is 124 g/mol. The fraction of sp³-hybridized carbons (Fsp3) is 0.125. The second-order valence-corrected chi connectivity index (χ2v) is 2.30. The summed E-state index contributed by atoms with van der Waals surface area (Å²) in [5.74, 6) is 0. The highest BCUT2D eigenvalue weighted by molar-refractivity contribution is 5.61. The highest BCUT2D eigenvalue weighted by atomic mass is 15.0. The predicted molar refractivity (Wildman–Crippen MR) is 41.8 cm³/mol. The molecular formula is C8H8N2. The number of allylic oxidation sites excluding steroid dienone is 2. The Labute approximate surface area is 59.7 Å². The summed E-state index contributed by atoms with van der Waals surface area (Å²) >= 11 is 0. The molecule has 1 atom stereocenters. The van der Waals surface area contributed by atoms with Gasteiger partial charge >= 0.3 is 0 Å². The smallest absolute Gasteiger partial charge is 0.0886 e. The van der Waals surface area contributed by atoms with E-state index in [1.54, 1.807) is 6.34 Å². The highest BCUT2D eigenvalue weighted by Gasteiger charge is 2.10. The first kappa shape index (κ1) is 5.47. The van der Waals surface area contributed by atoms with Gasteiger partial charge in [0.2, 0.25) is 0 Å². The van der Waals surface area contributed by atoms with Crippen molar-refractivity contribution in [2.45, 2.75) is 6.04 Å². The van der Waals surface area contributed by atoms with Crippen molar-refractivity contribution in [3.63, 3.8) is 0 Å². The van der Waals surface area contributed by atoms with Crippen LogP contribution in [0, 0.1) is 0 Å². The minimum absolute atomic E-state index is 0.350. The van der Waals surface area contributed by atoms with Gasteiger partial charge in [0.05, 0.1) is 12.4 Å². The van der Waals surface area contributed by atoms with E-state index >= 15 is 0 Å². The first-order chi connectivity index (χ1) is 4.97. The second kappa shape index (κ2) is 2.14. The second-order valence-electron chi connectivity index (χ2n) is 2.30. The Hall–Kier alpha value is -1.31. The molecule has 0 aromatic carbocycles. The van der Waals surface area contributed by atoms with Crippen LogP contribution in [0.4, 0.5) is 0 Å². The van der Waals surface area contributed by atoms with Gasteiger partial charge in [0.25, 0.3) is 0 Å². The molecule has 2 rings (SSSR count). The van der Waals surface area contributed by atoms with E-state index in [0.717, 1.165) is 0 Å². The lowest BCUT2D eigenvalue weighted by Crippen LogP contribution is -2.30. The third-order valence-corrected chi connectivity index (χ3v) is 1.61. The summed E-state index contributed by atoms with van der Waals surface area (Å²) < 4.78 is 0. The van der Waals surface area contributed by atoms with E-state index in [4.69, 9.17) is 0 Å². The van der Waals surface area contributed by atoms with Crippen molar-refractivity contribution in [3.05, 3.63) is 36.1 Å². The van der Waals surface area contributed by atoms with Crippen LogP contribution in [0.1, 0.15) is 0 Å². The fourth-order valence-electron chi connectivity index (χ4n) is 1.08. The lowest BCUT2D eigenvalue weighted by molar-refractivity contribution is 0.840. The van der Waals surface area contributed by atoms with E-state index in [0.29, 0.717) is 6.04 Å². The molecule has 1 aliphatic carbocycles. The first-order valence-corrected chi connectivity index (χ1v) is 3.29. The Balaban J connectivity index is 2.34. The van der Waals surface area contributed by atoms with E-state index < -0.39 is 0 Å². The summed E-state index contributed by atoms with van der Waals surface area (Å²) in [4.78, 5) is 3.98. The molecule has 1 N–H and O–H groups in total. The van der Waals surface area contributed by atoms with Crippen LogP contribution in [-0.4, -0.2) is 12.4 Å². The third-order valence-electron chi connectivity index (χ3n) is 1.61. The number of nitrogens with zero attached hydrogens (tertiary/aromatic N) is 1. The number of hydrogen-bond acceptors (Lipinski definition) is 2. The van der Waals surface area contributed by atoms with Crippen LogP contribution in [0.15, 0.2) is 41.1 Å². The molecule has 10 heavy (non-hydrogen) atoms. The summed E-state index contributed by atoms with van der Waals surface area (Å²) in [5.41, 5.74) is 1.23. The van der Waals surface area contributed by atoms with E-state index in [9.17, 15) is 0 Å². The zero-order valence-corrected chi connectivity index (χ0v) is 5.49. The van der Waals surface area contributed by atoms with Gasteiger partial charge in [-0.25, -0.2) is 4.99 Å². The molecule has 1 unspecified atom stereocenters. The average Bonchev–Trinajstić information content (AvgIpc) is 2.05. The Morgan fingerprint density at radius 2 is 2.40 bits per heavy atom. The summed E-state index contributed by atoms with van der Waals surface area (Å²) in [6, 6.07) is 0.350. The Morgan fingerprint density at radius 3 is 3.30 bits per heavy atom. The molecule has 0 saturated carbocycles. The lowest BCUT2D eigenvalue weighted by Gasteiger charge is -2.18. The van der Waals surface area contributed by atoms with Crippen LogP contribution >= 0.6 is 0 Å². The Morgan fingerprint density at radius 1 is 1.40 bits per heavy atom. The molecule has 0 spiro atoms. The van der Waals surface area contributed by atoms with E-state index in [-0.39, 0.29) is 0 Å². The van der Waals surface area contributed by atoms with Crippen LogP contribution < -0.4 is 5.32 Å². The van der Waals surface area contributed by atoms with Gasteiger partial charge in [-0.1, -0.05) is 24.3 Å². The van der Waals surface area contributed by atoms with Gasteiger partial charge in [-0.3, -0.25) is 0 Å². The third kappa shape index (κ3) is 0.778. The monoisotopic (exact) mass is 132 g/mol. The molecule has 0 radical (unpaired) electrons. The summed E-state index contributed by atoms with van der Waals surface area (Å²) in [6.45, 7) is 0. The first-order valence-electron chi connectivity index (χ1n) is 3.29. The number of nitrogens with one attached hydrogen (secondary N) is 1. The van der Waals surface area contributed by atoms with Gasteiger partial charge in [-0.05, 0) is 5.57 Å².